The molecule has 3 rings (SSSR count). The lowest BCUT2D eigenvalue weighted by Crippen LogP contribution is -2.06. The van der Waals surface area contributed by atoms with E-state index in [-0.39, 0.29) is 18.4 Å². The molecule has 0 atom stereocenters. The number of H-pyrrole nitrogens is 1. The molecule has 0 aromatic carbocycles. The highest BCUT2D eigenvalue weighted by atomic mass is 35.5. The zero-order valence-electron chi connectivity index (χ0n) is 7.90. The highest BCUT2D eigenvalue weighted by molar-refractivity contribution is 5.85. The molecule has 0 amide bonds. The number of aromatic amines is 1. The van der Waals surface area contributed by atoms with E-state index in [1.807, 2.05) is 0 Å². The topological polar surface area (TPSA) is 92.5 Å². The number of hydrogen-bond donors (Lipinski definition) is 3. The van der Waals surface area contributed by atoms with Crippen molar-refractivity contribution >= 4 is 35.3 Å². The van der Waals surface area contributed by atoms with Crippen molar-refractivity contribution < 1.29 is 0 Å². The van der Waals surface area contributed by atoms with Crippen LogP contribution >= 0.6 is 12.4 Å². The Hall–Kier alpha value is -1.56. The molecule has 1 fully saturated rings. The molecule has 0 saturated heterocycles. The van der Waals surface area contributed by atoms with E-state index in [1.165, 1.54) is 12.8 Å². The molecular formula is C8H11ClN6. The Kier molecular flexibility index (Phi) is 2.36. The Morgan fingerprint density at radius 2 is 2.20 bits per heavy atom. The number of nitrogens with zero attached hydrogens (tertiary/aromatic N) is 3. The quantitative estimate of drug-likeness (QED) is 0.709. The van der Waals surface area contributed by atoms with Gasteiger partial charge in [-0.2, -0.15) is 9.97 Å². The minimum absolute atomic E-state index is 0. The van der Waals surface area contributed by atoms with Crippen LogP contribution in [-0.4, -0.2) is 26.0 Å². The number of nitrogens with one attached hydrogen (secondary N) is 2. The van der Waals surface area contributed by atoms with E-state index in [4.69, 9.17) is 5.73 Å². The van der Waals surface area contributed by atoms with Gasteiger partial charge in [0.2, 0.25) is 5.95 Å². The smallest absolute Gasteiger partial charge is 0.224 e. The summed E-state index contributed by atoms with van der Waals surface area (Å²) in [6.07, 6.45) is 3.98. The Morgan fingerprint density at radius 3 is 2.93 bits per heavy atom. The minimum atomic E-state index is 0. The average molecular weight is 227 g/mol. The maximum absolute atomic E-state index is 5.56. The molecule has 6 nitrogen and oxygen atoms in total. The van der Waals surface area contributed by atoms with Gasteiger partial charge in [-0.1, -0.05) is 0 Å². The molecule has 1 aliphatic rings. The standard InChI is InChI=1S/C8H10N6.ClH/c9-8-13-6-5(10-3-11-6)7(14-8)12-4-1-2-4;/h3-4H,1-2H2,(H4,9,10,11,12,13,14);1H. The van der Waals surface area contributed by atoms with E-state index in [0.717, 1.165) is 11.3 Å². The predicted octanol–water partition coefficient (Wildman–Crippen LogP) is 0.931. The third kappa shape index (κ3) is 1.80. The van der Waals surface area contributed by atoms with Crippen molar-refractivity contribution in [2.24, 2.45) is 0 Å². The van der Waals surface area contributed by atoms with Gasteiger partial charge in [-0.25, -0.2) is 4.98 Å². The molecule has 7 heteroatoms. The van der Waals surface area contributed by atoms with Crippen molar-refractivity contribution in [1.29, 1.82) is 0 Å². The molecule has 0 unspecified atom stereocenters. The molecule has 2 heterocycles. The summed E-state index contributed by atoms with van der Waals surface area (Å²) in [5, 5.41) is 3.28. The zero-order valence-corrected chi connectivity index (χ0v) is 8.71. The van der Waals surface area contributed by atoms with Crippen molar-refractivity contribution in [3.63, 3.8) is 0 Å². The molecule has 1 aliphatic carbocycles. The summed E-state index contributed by atoms with van der Waals surface area (Å²) in [5.41, 5.74) is 7.00. The van der Waals surface area contributed by atoms with Gasteiger partial charge in [-0.05, 0) is 12.8 Å². The number of aromatic nitrogens is 4. The van der Waals surface area contributed by atoms with E-state index in [9.17, 15) is 0 Å². The van der Waals surface area contributed by atoms with Crippen molar-refractivity contribution in [3.05, 3.63) is 6.33 Å². The van der Waals surface area contributed by atoms with Gasteiger partial charge in [0, 0.05) is 6.04 Å². The highest BCUT2D eigenvalue weighted by Crippen LogP contribution is 2.26. The van der Waals surface area contributed by atoms with Crippen molar-refractivity contribution in [2.45, 2.75) is 18.9 Å². The largest absolute Gasteiger partial charge is 0.368 e. The van der Waals surface area contributed by atoms with Crippen molar-refractivity contribution in [1.82, 2.24) is 19.9 Å². The van der Waals surface area contributed by atoms with Crippen LogP contribution in [0.2, 0.25) is 0 Å². The van der Waals surface area contributed by atoms with Crippen molar-refractivity contribution in [2.75, 3.05) is 11.1 Å². The number of fused-ring (bicyclic) bond motifs is 1. The van der Waals surface area contributed by atoms with E-state index >= 15 is 0 Å². The fourth-order valence-electron chi connectivity index (χ4n) is 1.38. The molecule has 1 saturated carbocycles. The van der Waals surface area contributed by atoms with Crippen LogP contribution in [0.3, 0.4) is 0 Å². The lowest BCUT2D eigenvalue weighted by molar-refractivity contribution is 1.10. The van der Waals surface area contributed by atoms with Crippen molar-refractivity contribution in [3.8, 4) is 0 Å². The molecule has 2 aromatic heterocycles. The summed E-state index contributed by atoms with van der Waals surface area (Å²) >= 11 is 0. The van der Waals surface area contributed by atoms with Gasteiger partial charge in [-0.15, -0.1) is 12.4 Å². The molecular weight excluding hydrogens is 216 g/mol. The van der Waals surface area contributed by atoms with Gasteiger partial charge in [-0.3, -0.25) is 0 Å². The maximum atomic E-state index is 5.56. The first-order chi connectivity index (χ1) is 6.83. The van der Waals surface area contributed by atoms with Crippen LogP contribution in [0.1, 0.15) is 12.8 Å². The van der Waals surface area contributed by atoms with Gasteiger partial charge in [0.1, 0.15) is 5.52 Å². The Bertz CT molecular complexity index is 477. The van der Waals surface area contributed by atoms with Gasteiger partial charge in [0.25, 0.3) is 0 Å². The predicted molar refractivity (Wildman–Crippen MR) is 60.0 cm³/mol. The lowest BCUT2D eigenvalue weighted by Gasteiger charge is -2.04. The van der Waals surface area contributed by atoms with Gasteiger partial charge in [0.15, 0.2) is 11.5 Å². The second kappa shape index (κ2) is 3.54. The molecule has 0 bridgehead atoms. The fraction of sp³-hybridized carbons (Fsp3) is 0.375. The Morgan fingerprint density at radius 1 is 1.40 bits per heavy atom. The third-order valence-corrected chi connectivity index (χ3v) is 2.22. The molecule has 0 aliphatic heterocycles. The first kappa shape index (κ1) is 9.97. The van der Waals surface area contributed by atoms with Gasteiger partial charge < -0.3 is 16.0 Å². The zero-order chi connectivity index (χ0) is 9.54. The SMILES string of the molecule is Cl.Nc1nc(NC2CC2)c2[nH]cnc2n1. The van der Waals surface area contributed by atoms with E-state index in [1.54, 1.807) is 6.33 Å². The van der Waals surface area contributed by atoms with Crippen LogP contribution in [-0.2, 0) is 0 Å². The number of halogens is 1. The second-order valence-electron chi connectivity index (χ2n) is 3.45. The Labute approximate surface area is 92.1 Å². The van der Waals surface area contributed by atoms with E-state index < -0.39 is 0 Å². The summed E-state index contributed by atoms with van der Waals surface area (Å²) < 4.78 is 0. The van der Waals surface area contributed by atoms with Crippen LogP contribution in [0.25, 0.3) is 11.2 Å². The van der Waals surface area contributed by atoms with E-state index in [2.05, 4.69) is 25.3 Å². The number of nitrogen functional groups attached to an aromatic ring is 1. The van der Waals surface area contributed by atoms with Crippen LogP contribution in [0.15, 0.2) is 6.33 Å². The van der Waals surface area contributed by atoms with Crippen LogP contribution in [0.5, 0.6) is 0 Å². The number of rotatable bonds is 2. The molecule has 4 N–H and O–H groups in total. The number of hydrogen-bond acceptors (Lipinski definition) is 5. The average Bonchev–Trinajstić information content (AvgIpc) is 2.81. The number of nitrogens with two attached hydrogens (primary N) is 1. The monoisotopic (exact) mass is 226 g/mol. The van der Waals surface area contributed by atoms with Crippen LogP contribution in [0, 0.1) is 0 Å². The molecule has 2 aromatic rings. The van der Waals surface area contributed by atoms with Crippen LogP contribution < -0.4 is 11.1 Å². The first-order valence-electron chi connectivity index (χ1n) is 4.56. The van der Waals surface area contributed by atoms with Crippen LogP contribution in [0.4, 0.5) is 11.8 Å². The first-order valence-corrected chi connectivity index (χ1v) is 4.56. The summed E-state index contributed by atoms with van der Waals surface area (Å²) in [6.45, 7) is 0. The minimum Gasteiger partial charge on any atom is -0.368 e. The fourth-order valence-corrected chi connectivity index (χ4v) is 1.38. The Balaban J connectivity index is 0.000000853. The summed E-state index contributed by atoms with van der Waals surface area (Å²) in [7, 11) is 0. The second-order valence-corrected chi connectivity index (χ2v) is 3.45. The summed E-state index contributed by atoms with van der Waals surface area (Å²) in [6, 6.07) is 0.538. The summed E-state index contributed by atoms with van der Waals surface area (Å²) in [4.78, 5) is 15.2. The molecule has 0 radical (unpaired) electrons. The third-order valence-electron chi connectivity index (χ3n) is 2.22. The number of imidazole rings is 1. The maximum Gasteiger partial charge on any atom is 0.224 e. The lowest BCUT2D eigenvalue weighted by atomic mass is 10.4. The number of anilines is 2. The summed E-state index contributed by atoms with van der Waals surface area (Å²) in [5.74, 6) is 1.01. The van der Waals surface area contributed by atoms with Gasteiger partial charge >= 0.3 is 0 Å². The normalized spacial score (nSPS) is 14.9. The van der Waals surface area contributed by atoms with Gasteiger partial charge in [0.05, 0.1) is 6.33 Å². The molecule has 15 heavy (non-hydrogen) atoms. The van der Waals surface area contributed by atoms with E-state index in [0.29, 0.717) is 11.7 Å². The highest BCUT2D eigenvalue weighted by Gasteiger charge is 2.23. The molecule has 80 valence electrons. The molecule has 0 spiro atoms.